The molecule has 0 bridgehead atoms. The summed E-state index contributed by atoms with van der Waals surface area (Å²) in [5.74, 6) is 2.54. The molecule has 0 aliphatic carbocycles. The summed E-state index contributed by atoms with van der Waals surface area (Å²) in [6.07, 6.45) is 1.68. The summed E-state index contributed by atoms with van der Waals surface area (Å²) in [5.41, 5.74) is 0.758. The third kappa shape index (κ3) is 3.56. The fourth-order valence-electron chi connectivity index (χ4n) is 2.05. The standard InChI is InChI=1S/C16H22ClN3O/c1-6-20(10-12-8-7-9-21-12)14-11(2)13(17)18-15(19-14)16(3,4)5/h7-9H,6,10H2,1-5H3. The van der Waals surface area contributed by atoms with Crippen LogP contribution in [0.2, 0.25) is 5.15 Å². The maximum absolute atomic E-state index is 6.31. The normalized spacial score (nSPS) is 11.7. The average Bonchev–Trinajstić information content (AvgIpc) is 2.91. The molecule has 0 N–H and O–H groups in total. The molecular weight excluding hydrogens is 286 g/mol. The summed E-state index contributed by atoms with van der Waals surface area (Å²) in [6, 6.07) is 3.86. The lowest BCUT2D eigenvalue weighted by molar-refractivity contribution is 0.500. The maximum atomic E-state index is 6.31. The summed E-state index contributed by atoms with van der Waals surface area (Å²) in [5, 5.41) is 0.516. The number of hydrogen-bond donors (Lipinski definition) is 0. The topological polar surface area (TPSA) is 42.2 Å². The second-order valence-electron chi connectivity index (χ2n) is 6.13. The molecule has 0 aliphatic heterocycles. The molecule has 0 amide bonds. The molecule has 0 atom stereocenters. The molecule has 0 saturated heterocycles. The molecule has 4 nitrogen and oxygen atoms in total. The van der Waals surface area contributed by atoms with Crippen LogP contribution in [-0.2, 0) is 12.0 Å². The van der Waals surface area contributed by atoms with Gasteiger partial charge in [-0.05, 0) is 26.0 Å². The lowest BCUT2D eigenvalue weighted by atomic mass is 9.95. The highest BCUT2D eigenvalue weighted by Crippen LogP contribution is 2.29. The first-order valence-electron chi connectivity index (χ1n) is 7.15. The predicted molar refractivity (Wildman–Crippen MR) is 85.9 cm³/mol. The monoisotopic (exact) mass is 307 g/mol. The molecule has 0 unspecified atom stereocenters. The third-order valence-corrected chi connectivity index (χ3v) is 3.71. The largest absolute Gasteiger partial charge is 0.467 e. The molecule has 2 aromatic heterocycles. The van der Waals surface area contributed by atoms with Crippen molar-refractivity contribution in [1.29, 1.82) is 0 Å². The molecule has 0 saturated carbocycles. The van der Waals surface area contributed by atoms with Gasteiger partial charge in [0.25, 0.3) is 0 Å². The van der Waals surface area contributed by atoms with E-state index in [1.54, 1.807) is 6.26 Å². The van der Waals surface area contributed by atoms with Crippen molar-refractivity contribution in [2.75, 3.05) is 11.4 Å². The summed E-state index contributed by atoms with van der Waals surface area (Å²) < 4.78 is 5.44. The Kier molecular flexibility index (Phi) is 4.57. The third-order valence-electron chi connectivity index (χ3n) is 3.34. The van der Waals surface area contributed by atoms with Crippen LogP contribution in [0.3, 0.4) is 0 Å². The zero-order valence-electron chi connectivity index (χ0n) is 13.3. The fraction of sp³-hybridized carbons (Fsp3) is 0.500. The van der Waals surface area contributed by atoms with Crippen molar-refractivity contribution >= 4 is 17.4 Å². The first-order chi connectivity index (χ1) is 9.82. The Labute approximate surface area is 131 Å². The molecule has 0 spiro atoms. The van der Waals surface area contributed by atoms with Gasteiger partial charge in [0.15, 0.2) is 0 Å². The van der Waals surface area contributed by atoms with Crippen molar-refractivity contribution in [1.82, 2.24) is 9.97 Å². The van der Waals surface area contributed by atoms with Crippen LogP contribution in [0.15, 0.2) is 22.8 Å². The van der Waals surface area contributed by atoms with Gasteiger partial charge in [-0.2, -0.15) is 0 Å². The van der Waals surface area contributed by atoms with E-state index >= 15 is 0 Å². The highest BCUT2D eigenvalue weighted by atomic mass is 35.5. The number of rotatable bonds is 4. The quantitative estimate of drug-likeness (QED) is 0.787. The van der Waals surface area contributed by atoms with Crippen LogP contribution in [0.1, 0.15) is 44.8 Å². The Morgan fingerprint density at radius 2 is 2.00 bits per heavy atom. The first-order valence-corrected chi connectivity index (χ1v) is 7.52. The number of nitrogens with zero attached hydrogens (tertiary/aromatic N) is 3. The highest BCUT2D eigenvalue weighted by Gasteiger charge is 2.22. The zero-order valence-corrected chi connectivity index (χ0v) is 14.0. The Morgan fingerprint density at radius 1 is 1.29 bits per heavy atom. The fourth-order valence-corrected chi connectivity index (χ4v) is 2.21. The minimum atomic E-state index is -0.143. The smallest absolute Gasteiger partial charge is 0.137 e. The van der Waals surface area contributed by atoms with Crippen LogP contribution in [0.5, 0.6) is 0 Å². The van der Waals surface area contributed by atoms with E-state index in [1.807, 2.05) is 19.1 Å². The predicted octanol–water partition coefficient (Wildman–Crippen LogP) is 4.36. The number of aromatic nitrogens is 2. The zero-order chi connectivity index (χ0) is 15.6. The van der Waals surface area contributed by atoms with E-state index in [0.717, 1.165) is 29.5 Å². The van der Waals surface area contributed by atoms with Gasteiger partial charge >= 0.3 is 0 Å². The molecule has 2 heterocycles. The molecule has 21 heavy (non-hydrogen) atoms. The molecule has 0 aliphatic rings. The Morgan fingerprint density at radius 3 is 2.52 bits per heavy atom. The molecular formula is C16H22ClN3O. The van der Waals surface area contributed by atoms with Crippen molar-refractivity contribution in [3.8, 4) is 0 Å². The molecule has 5 heteroatoms. The van der Waals surface area contributed by atoms with E-state index in [0.29, 0.717) is 11.7 Å². The van der Waals surface area contributed by atoms with Gasteiger partial charge < -0.3 is 9.32 Å². The maximum Gasteiger partial charge on any atom is 0.137 e. The van der Waals surface area contributed by atoms with E-state index in [1.165, 1.54) is 0 Å². The van der Waals surface area contributed by atoms with E-state index < -0.39 is 0 Å². The van der Waals surface area contributed by atoms with Crippen LogP contribution in [0.4, 0.5) is 5.82 Å². The molecule has 114 valence electrons. The Balaban J connectivity index is 2.42. The van der Waals surface area contributed by atoms with Crippen LogP contribution >= 0.6 is 11.6 Å². The molecule has 2 rings (SSSR count). The van der Waals surface area contributed by atoms with Crippen LogP contribution in [-0.4, -0.2) is 16.5 Å². The van der Waals surface area contributed by atoms with E-state index in [9.17, 15) is 0 Å². The van der Waals surface area contributed by atoms with Crippen molar-refractivity contribution in [2.45, 2.75) is 46.6 Å². The molecule has 2 aromatic rings. The van der Waals surface area contributed by atoms with Crippen LogP contribution in [0, 0.1) is 6.92 Å². The number of anilines is 1. The molecule has 0 radical (unpaired) electrons. The van der Waals surface area contributed by atoms with Crippen LogP contribution in [0.25, 0.3) is 0 Å². The average molecular weight is 308 g/mol. The number of hydrogen-bond acceptors (Lipinski definition) is 4. The second-order valence-corrected chi connectivity index (χ2v) is 6.49. The molecule has 0 aromatic carbocycles. The van der Waals surface area contributed by atoms with Gasteiger partial charge in [-0.3, -0.25) is 0 Å². The minimum Gasteiger partial charge on any atom is -0.467 e. The second kappa shape index (κ2) is 6.06. The van der Waals surface area contributed by atoms with E-state index in [4.69, 9.17) is 21.0 Å². The van der Waals surface area contributed by atoms with Gasteiger partial charge in [-0.25, -0.2) is 9.97 Å². The van der Waals surface area contributed by atoms with Gasteiger partial charge in [-0.1, -0.05) is 32.4 Å². The van der Waals surface area contributed by atoms with Gasteiger partial charge in [0.05, 0.1) is 12.8 Å². The summed E-state index contributed by atoms with van der Waals surface area (Å²) in [7, 11) is 0. The molecule has 0 fully saturated rings. The van der Waals surface area contributed by atoms with Gasteiger partial charge in [0, 0.05) is 17.5 Å². The summed E-state index contributed by atoms with van der Waals surface area (Å²) >= 11 is 6.31. The van der Waals surface area contributed by atoms with Crippen molar-refractivity contribution in [2.24, 2.45) is 0 Å². The number of halogens is 1. The van der Waals surface area contributed by atoms with Crippen molar-refractivity contribution < 1.29 is 4.42 Å². The Bertz CT molecular complexity index is 603. The Hall–Kier alpha value is -1.55. The lowest BCUT2D eigenvalue weighted by Crippen LogP contribution is -2.26. The van der Waals surface area contributed by atoms with Gasteiger partial charge in [0.2, 0.25) is 0 Å². The number of furan rings is 1. The summed E-state index contributed by atoms with van der Waals surface area (Å²) in [4.78, 5) is 11.3. The first kappa shape index (κ1) is 15.8. The van der Waals surface area contributed by atoms with E-state index in [-0.39, 0.29) is 5.41 Å². The highest BCUT2D eigenvalue weighted by molar-refractivity contribution is 6.30. The van der Waals surface area contributed by atoms with E-state index in [2.05, 4.69) is 37.6 Å². The lowest BCUT2D eigenvalue weighted by Gasteiger charge is -2.26. The van der Waals surface area contributed by atoms with Crippen LogP contribution < -0.4 is 4.90 Å². The SMILES string of the molecule is CCN(Cc1ccco1)c1nc(C(C)(C)C)nc(Cl)c1C. The van der Waals surface area contributed by atoms with Crippen molar-refractivity contribution in [3.63, 3.8) is 0 Å². The summed E-state index contributed by atoms with van der Waals surface area (Å²) in [6.45, 7) is 11.8. The van der Waals surface area contributed by atoms with Gasteiger partial charge in [0.1, 0.15) is 22.6 Å². The minimum absolute atomic E-state index is 0.143. The van der Waals surface area contributed by atoms with Gasteiger partial charge in [-0.15, -0.1) is 0 Å². The van der Waals surface area contributed by atoms with Crippen molar-refractivity contribution in [3.05, 3.63) is 40.7 Å².